The number of nitrogens with one attached hydrogen (secondary N) is 1. The molecule has 0 saturated heterocycles. The van der Waals surface area contributed by atoms with Gasteiger partial charge in [-0.1, -0.05) is 13.8 Å². The van der Waals surface area contributed by atoms with E-state index in [0.717, 1.165) is 19.6 Å². The van der Waals surface area contributed by atoms with E-state index in [1.165, 1.54) is 23.1 Å². The second-order valence-corrected chi connectivity index (χ2v) is 4.39. The van der Waals surface area contributed by atoms with Crippen LogP contribution in [0.1, 0.15) is 25.6 Å². The quantitative estimate of drug-likeness (QED) is 0.836. The first-order chi connectivity index (χ1) is 7.15. The Labute approximate surface area is 94.3 Å². The van der Waals surface area contributed by atoms with Gasteiger partial charge in [0.25, 0.3) is 0 Å². The van der Waals surface area contributed by atoms with Crippen LogP contribution in [0.4, 0.5) is 5.13 Å². The summed E-state index contributed by atoms with van der Waals surface area (Å²) in [6.45, 7) is 8.74. The summed E-state index contributed by atoms with van der Waals surface area (Å²) in [6, 6.07) is 0. The Kier molecular flexibility index (Phi) is 4.71. The molecule has 0 aliphatic heterocycles. The molecule has 1 aromatic rings. The smallest absolute Gasteiger partial charge is 0.223 e. The van der Waals surface area contributed by atoms with Gasteiger partial charge in [0, 0.05) is 24.5 Å². The molecule has 1 amide bonds. The molecule has 0 aliphatic carbocycles. The zero-order valence-electron chi connectivity index (χ0n) is 9.41. The minimum Gasteiger partial charge on any atom is -0.302 e. The molecule has 4 nitrogen and oxygen atoms in total. The Morgan fingerprint density at radius 1 is 1.53 bits per heavy atom. The highest BCUT2D eigenvalue weighted by Gasteiger charge is 2.06. The lowest BCUT2D eigenvalue weighted by Crippen LogP contribution is -2.21. The van der Waals surface area contributed by atoms with Crippen molar-refractivity contribution >= 4 is 22.4 Å². The number of hydrogen-bond acceptors (Lipinski definition) is 4. The van der Waals surface area contributed by atoms with Crippen molar-refractivity contribution in [3.8, 4) is 0 Å². The van der Waals surface area contributed by atoms with Crippen molar-refractivity contribution in [1.29, 1.82) is 0 Å². The van der Waals surface area contributed by atoms with E-state index in [2.05, 4.69) is 29.0 Å². The summed E-state index contributed by atoms with van der Waals surface area (Å²) in [6.07, 6.45) is 1.83. The van der Waals surface area contributed by atoms with E-state index in [4.69, 9.17) is 0 Å². The molecule has 0 atom stereocenters. The SMILES string of the molecule is CCN(CC)Cc1cnc(NC(C)=O)s1. The average molecular weight is 227 g/mol. The van der Waals surface area contributed by atoms with Crippen LogP contribution in [0.25, 0.3) is 0 Å². The van der Waals surface area contributed by atoms with Gasteiger partial charge in [0.2, 0.25) is 5.91 Å². The Morgan fingerprint density at radius 2 is 2.20 bits per heavy atom. The first-order valence-corrected chi connectivity index (χ1v) is 5.92. The van der Waals surface area contributed by atoms with E-state index >= 15 is 0 Å². The Morgan fingerprint density at radius 3 is 2.73 bits per heavy atom. The second-order valence-electron chi connectivity index (χ2n) is 3.27. The molecule has 0 aliphatic rings. The number of carbonyl (C=O) groups is 1. The van der Waals surface area contributed by atoms with Gasteiger partial charge in [0.15, 0.2) is 5.13 Å². The average Bonchev–Trinajstić information content (AvgIpc) is 2.61. The zero-order chi connectivity index (χ0) is 11.3. The van der Waals surface area contributed by atoms with E-state index in [9.17, 15) is 4.79 Å². The molecule has 0 unspecified atom stereocenters. The zero-order valence-corrected chi connectivity index (χ0v) is 10.2. The monoisotopic (exact) mass is 227 g/mol. The molecule has 1 rings (SSSR count). The largest absolute Gasteiger partial charge is 0.302 e. The van der Waals surface area contributed by atoms with E-state index < -0.39 is 0 Å². The summed E-state index contributed by atoms with van der Waals surface area (Å²) in [5.74, 6) is -0.0706. The maximum absolute atomic E-state index is 10.8. The van der Waals surface area contributed by atoms with E-state index in [1.54, 1.807) is 0 Å². The van der Waals surface area contributed by atoms with Crippen molar-refractivity contribution in [2.45, 2.75) is 27.3 Å². The van der Waals surface area contributed by atoms with Gasteiger partial charge >= 0.3 is 0 Å². The standard InChI is InChI=1S/C10H17N3OS/c1-4-13(5-2)7-9-6-11-10(15-9)12-8(3)14/h6H,4-5,7H2,1-3H3,(H,11,12,14). The number of anilines is 1. The van der Waals surface area contributed by atoms with Gasteiger partial charge in [-0.2, -0.15) is 0 Å². The van der Waals surface area contributed by atoms with Gasteiger partial charge in [-0.3, -0.25) is 9.69 Å². The maximum atomic E-state index is 10.8. The highest BCUT2D eigenvalue weighted by atomic mass is 32.1. The van der Waals surface area contributed by atoms with Gasteiger partial charge in [0.05, 0.1) is 0 Å². The first kappa shape index (κ1) is 12.1. The Bertz CT molecular complexity index is 320. The molecular weight excluding hydrogens is 210 g/mol. The fourth-order valence-corrected chi connectivity index (χ4v) is 2.16. The third-order valence-electron chi connectivity index (χ3n) is 2.11. The lowest BCUT2D eigenvalue weighted by molar-refractivity contribution is -0.114. The molecule has 0 radical (unpaired) electrons. The third kappa shape index (κ3) is 3.97. The number of amides is 1. The molecule has 1 aromatic heterocycles. The van der Waals surface area contributed by atoms with Gasteiger partial charge in [-0.25, -0.2) is 4.98 Å². The molecule has 0 bridgehead atoms. The van der Waals surface area contributed by atoms with Crippen LogP contribution < -0.4 is 5.32 Å². The fraction of sp³-hybridized carbons (Fsp3) is 0.600. The predicted molar refractivity (Wildman–Crippen MR) is 63.0 cm³/mol. The molecular formula is C10H17N3OS. The van der Waals surface area contributed by atoms with Crippen molar-refractivity contribution < 1.29 is 4.79 Å². The Hall–Kier alpha value is -0.940. The van der Waals surface area contributed by atoms with Gasteiger partial charge in [0.1, 0.15) is 0 Å². The van der Waals surface area contributed by atoms with E-state index in [-0.39, 0.29) is 5.91 Å². The van der Waals surface area contributed by atoms with Gasteiger partial charge in [-0.15, -0.1) is 11.3 Å². The van der Waals surface area contributed by atoms with E-state index in [0.29, 0.717) is 5.13 Å². The molecule has 0 saturated carbocycles. The van der Waals surface area contributed by atoms with Gasteiger partial charge in [-0.05, 0) is 13.1 Å². The lowest BCUT2D eigenvalue weighted by atomic mass is 10.4. The van der Waals surface area contributed by atoms with Crippen LogP contribution in [0, 0.1) is 0 Å². The van der Waals surface area contributed by atoms with Crippen molar-refractivity contribution in [3.63, 3.8) is 0 Å². The van der Waals surface area contributed by atoms with Crippen LogP contribution in [-0.2, 0) is 11.3 Å². The summed E-state index contributed by atoms with van der Waals surface area (Å²) in [4.78, 5) is 18.4. The van der Waals surface area contributed by atoms with Crippen LogP contribution >= 0.6 is 11.3 Å². The molecule has 0 fully saturated rings. The van der Waals surface area contributed by atoms with Crippen LogP contribution in [0.3, 0.4) is 0 Å². The van der Waals surface area contributed by atoms with E-state index in [1.807, 2.05) is 6.20 Å². The second kappa shape index (κ2) is 5.82. The number of thiazole rings is 1. The number of nitrogens with zero attached hydrogens (tertiary/aromatic N) is 2. The summed E-state index contributed by atoms with van der Waals surface area (Å²) >= 11 is 1.54. The van der Waals surface area contributed by atoms with Crippen LogP contribution in [0.5, 0.6) is 0 Å². The number of carbonyl (C=O) groups excluding carboxylic acids is 1. The number of aromatic nitrogens is 1. The highest BCUT2D eigenvalue weighted by molar-refractivity contribution is 7.15. The van der Waals surface area contributed by atoms with Crippen LogP contribution in [0.2, 0.25) is 0 Å². The minimum atomic E-state index is -0.0706. The molecule has 0 aromatic carbocycles. The molecule has 0 spiro atoms. The van der Waals surface area contributed by atoms with Crippen LogP contribution in [-0.4, -0.2) is 28.9 Å². The maximum Gasteiger partial charge on any atom is 0.223 e. The van der Waals surface area contributed by atoms with Crippen molar-refractivity contribution in [2.24, 2.45) is 0 Å². The number of hydrogen-bond donors (Lipinski definition) is 1. The van der Waals surface area contributed by atoms with Crippen molar-refractivity contribution in [1.82, 2.24) is 9.88 Å². The molecule has 84 valence electrons. The molecule has 1 N–H and O–H groups in total. The summed E-state index contributed by atoms with van der Waals surface area (Å²) in [5, 5.41) is 3.37. The van der Waals surface area contributed by atoms with Gasteiger partial charge < -0.3 is 5.32 Å². The fourth-order valence-electron chi connectivity index (χ4n) is 1.26. The predicted octanol–water partition coefficient (Wildman–Crippen LogP) is 1.94. The normalized spacial score (nSPS) is 10.7. The van der Waals surface area contributed by atoms with Crippen molar-refractivity contribution in [2.75, 3.05) is 18.4 Å². The minimum absolute atomic E-state index is 0.0706. The van der Waals surface area contributed by atoms with Crippen molar-refractivity contribution in [3.05, 3.63) is 11.1 Å². The third-order valence-corrected chi connectivity index (χ3v) is 3.01. The summed E-state index contributed by atoms with van der Waals surface area (Å²) in [5.41, 5.74) is 0. The topological polar surface area (TPSA) is 45.2 Å². The molecule has 5 heteroatoms. The Balaban J connectivity index is 2.55. The van der Waals surface area contributed by atoms with Crippen LogP contribution in [0.15, 0.2) is 6.20 Å². The first-order valence-electron chi connectivity index (χ1n) is 5.10. The number of rotatable bonds is 5. The molecule has 15 heavy (non-hydrogen) atoms. The highest BCUT2D eigenvalue weighted by Crippen LogP contribution is 2.19. The summed E-state index contributed by atoms with van der Waals surface area (Å²) in [7, 11) is 0. The molecule has 1 heterocycles. The lowest BCUT2D eigenvalue weighted by Gasteiger charge is -2.15. The summed E-state index contributed by atoms with van der Waals surface area (Å²) < 4.78 is 0.